The molecule has 180 valence electrons. The number of aromatic nitrogens is 2. The molecule has 0 spiro atoms. The van der Waals surface area contributed by atoms with Crippen molar-refractivity contribution in [3.05, 3.63) is 40.6 Å². The normalized spacial score (nSPS) is 17.2. The number of ether oxygens (including phenoxy) is 1. The standard InChI is InChI=1S/C20H24F3N5O4S/c1-10(2)11-7-12(32-9-11)8-24-17-18(27-33(31)26-17)25-14-6-5-13(20(21,22)23)15(16(14)29)19(30)28(3)4/h5-6,9-10,12,29H,7-8H2,1-4H3,(H,24,26)(H,25,27). The van der Waals surface area contributed by atoms with Gasteiger partial charge < -0.3 is 24.6 Å². The maximum absolute atomic E-state index is 13.4. The number of benzene rings is 1. The van der Waals surface area contributed by atoms with E-state index in [1.165, 1.54) is 14.1 Å². The van der Waals surface area contributed by atoms with Crippen LogP contribution in [-0.2, 0) is 10.9 Å². The lowest BCUT2D eigenvalue weighted by Gasteiger charge is -2.19. The van der Waals surface area contributed by atoms with Gasteiger partial charge in [0.15, 0.2) is 16.9 Å². The van der Waals surface area contributed by atoms with Crippen LogP contribution in [0, 0.1) is 5.92 Å². The van der Waals surface area contributed by atoms with Gasteiger partial charge in [0.25, 0.3) is 5.91 Å². The van der Waals surface area contributed by atoms with E-state index in [9.17, 15) is 27.6 Å². The number of carbonyl (C=O) groups excluding carboxylic acids is 1. The topological polar surface area (TPSA) is 126 Å². The molecule has 1 aliphatic heterocycles. The molecule has 2 unspecified atom stereocenters. The number of phenols is 1. The van der Waals surface area contributed by atoms with E-state index in [0.717, 1.165) is 16.5 Å². The van der Waals surface area contributed by atoms with E-state index in [1.807, 2.05) is 13.8 Å². The Labute approximate surface area is 190 Å². The SMILES string of the molecule is CC(C)C1=COC(CN=c2[nH][s+]([O-])nc2Nc2ccc(C(F)(F)F)c(C(=O)N(C)C)c2O)C1. The number of alkyl halides is 3. The zero-order valence-corrected chi connectivity index (χ0v) is 19.2. The minimum atomic E-state index is -4.86. The first-order valence-electron chi connectivity index (χ1n) is 9.96. The van der Waals surface area contributed by atoms with Crippen molar-refractivity contribution >= 4 is 28.6 Å². The number of halogens is 3. The van der Waals surface area contributed by atoms with Crippen molar-refractivity contribution in [1.82, 2.24) is 13.6 Å². The number of H-pyrrole nitrogens is 1. The van der Waals surface area contributed by atoms with Crippen molar-refractivity contribution in [3.63, 3.8) is 0 Å². The third-order valence-electron chi connectivity index (χ3n) is 5.01. The van der Waals surface area contributed by atoms with Crippen LogP contribution in [0.4, 0.5) is 24.7 Å². The van der Waals surface area contributed by atoms with Crippen LogP contribution in [0.15, 0.2) is 29.0 Å². The fraction of sp³-hybridized carbons (Fsp3) is 0.450. The highest BCUT2D eigenvalue weighted by atomic mass is 32.2. The van der Waals surface area contributed by atoms with E-state index < -0.39 is 40.1 Å². The van der Waals surface area contributed by atoms with Gasteiger partial charge in [-0.2, -0.15) is 13.2 Å². The Morgan fingerprint density at radius 1 is 1.45 bits per heavy atom. The molecule has 13 heteroatoms. The number of carbonyl (C=O) groups is 1. The molecule has 2 atom stereocenters. The number of hydrogen-bond donors (Lipinski definition) is 3. The molecule has 3 N–H and O–H groups in total. The molecule has 0 fully saturated rings. The molecule has 1 amide bonds. The Morgan fingerprint density at radius 3 is 2.73 bits per heavy atom. The lowest BCUT2D eigenvalue weighted by atomic mass is 10.0. The summed E-state index contributed by atoms with van der Waals surface area (Å²) in [7, 11) is 2.54. The number of aromatic hydroxyl groups is 1. The number of anilines is 2. The zero-order chi connectivity index (χ0) is 24.5. The molecule has 0 aliphatic carbocycles. The van der Waals surface area contributed by atoms with Crippen LogP contribution in [-0.4, -0.2) is 56.0 Å². The highest BCUT2D eigenvalue weighted by Gasteiger charge is 2.38. The van der Waals surface area contributed by atoms with Crippen LogP contribution in [0.1, 0.15) is 36.2 Å². The summed E-state index contributed by atoms with van der Waals surface area (Å²) in [5.74, 6) is -1.66. The van der Waals surface area contributed by atoms with E-state index in [0.29, 0.717) is 18.4 Å². The highest BCUT2D eigenvalue weighted by Crippen LogP contribution is 2.40. The van der Waals surface area contributed by atoms with Crippen molar-refractivity contribution in [1.29, 1.82) is 0 Å². The first kappa shape index (κ1) is 24.6. The van der Waals surface area contributed by atoms with Crippen LogP contribution in [0.25, 0.3) is 0 Å². The van der Waals surface area contributed by atoms with Gasteiger partial charge in [0.2, 0.25) is 11.3 Å². The Kier molecular flexibility index (Phi) is 7.03. The second-order valence-electron chi connectivity index (χ2n) is 8.00. The number of nitrogens with zero attached hydrogens (tertiary/aromatic N) is 3. The van der Waals surface area contributed by atoms with Gasteiger partial charge in [-0.3, -0.25) is 9.79 Å². The summed E-state index contributed by atoms with van der Waals surface area (Å²) in [5, 5.41) is 13.1. The quantitative estimate of drug-likeness (QED) is 0.423. The smallest absolute Gasteiger partial charge is 0.417 e. The van der Waals surface area contributed by atoms with Gasteiger partial charge in [0.1, 0.15) is 6.10 Å². The van der Waals surface area contributed by atoms with Gasteiger partial charge in [0, 0.05) is 24.9 Å². The average molecular weight is 488 g/mol. The van der Waals surface area contributed by atoms with Gasteiger partial charge in [-0.1, -0.05) is 13.8 Å². The van der Waals surface area contributed by atoms with Crippen molar-refractivity contribution in [2.24, 2.45) is 10.9 Å². The molecule has 1 aromatic heterocycles. The maximum Gasteiger partial charge on any atom is 0.417 e. The van der Waals surface area contributed by atoms with Gasteiger partial charge in [-0.05, 0) is 23.6 Å². The van der Waals surface area contributed by atoms with E-state index >= 15 is 0 Å². The lowest BCUT2D eigenvalue weighted by molar-refractivity contribution is -0.138. The van der Waals surface area contributed by atoms with Crippen LogP contribution >= 0.6 is 11.1 Å². The summed E-state index contributed by atoms with van der Waals surface area (Å²) < 4.78 is 64.1. The number of hydrogen-bond acceptors (Lipinski definition) is 7. The number of rotatable bonds is 6. The monoisotopic (exact) mass is 487 g/mol. The molecule has 0 saturated heterocycles. The molecule has 0 radical (unpaired) electrons. The first-order valence-corrected chi connectivity index (χ1v) is 11.1. The molecule has 33 heavy (non-hydrogen) atoms. The number of phenolic OH excluding ortho intramolecular Hbond substituents is 1. The first-order chi connectivity index (χ1) is 15.4. The number of amides is 1. The summed E-state index contributed by atoms with van der Waals surface area (Å²) >= 11 is -1.87. The molecule has 1 aromatic carbocycles. The molecule has 0 saturated carbocycles. The van der Waals surface area contributed by atoms with Crippen LogP contribution in [0.3, 0.4) is 0 Å². The molecule has 2 aromatic rings. The molecular weight excluding hydrogens is 463 g/mol. The fourth-order valence-electron chi connectivity index (χ4n) is 3.18. The van der Waals surface area contributed by atoms with Gasteiger partial charge in [0.05, 0.1) is 29.6 Å². The van der Waals surface area contributed by atoms with E-state index in [-0.39, 0.29) is 29.6 Å². The maximum atomic E-state index is 13.4. The number of aromatic amines is 1. The number of nitrogens with one attached hydrogen (secondary N) is 2. The van der Waals surface area contributed by atoms with Gasteiger partial charge >= 0.3 is 6.18 Å². The minimum absolute atomic E-state index is 0.0540. The third-order valence-corrected chi connectivity index (χ3v) is 5.73. The van der Waals surface area contributed by atoms with Crippen molar-refractivity contribution in [2.75, 3.05) is 26.0 Å². The summed E-state index contributed by atoms with van der Waals surface area (Å²) in [6, 6.07) is 1.64. The predicted molar refractivity (Wildman–Crippen MR) is 114 cm³/mol. The third kappa shape index (κ3) is 5.47. The second-order valence-corrected chi connectivity index (χ2v) is 8.88. The van der Waals surface area contributed by atoms with E-state index in [4.69, 9.17) is 4.74 Å². The van der Waals surface area contributed by atoms with E-state index in [1.54, 1.807) is 6.26 Å². The Hall–Kier alpha value is -3.06. The molecule has 1 aliphatic rings. The average Bonchev–Trinajstić information content (AvgIpc) is 3.32. The zero-order valence-electron chi connectivity index (χ0n) is 18.4. The Morgan fingerprint density at radius 2 is 2.15 bits per heavy atom. The fourth-order valence-corrected chi connectivity index (χ4v) is 3.85. The molecule has 3 rings (SSSR count). The summed E-state index contributed by atoms with van der Waals surface area (Å²) in [4.78, 5) is 17.6. The summed E-state index contributed by atoms with van der Waals surface area (Å²) in [5.41, 5.74) is -1.17. The Bertz CT molecular complexity index is 1140. The lowest BCUT2D eigenvalue weighted by Crippen LogP contribution is -2.25. The van der Waals surface area contributed by atoms with Crippen LogP contribution in [0.2, 0.25) is 0 Å². The molecule has 9 nitrogen and oxygen atoms in total. The van der Waals surface area contributed by atoms with Crippen molar-refractivity contribution in [3.8, 4) is 5.75 Å². The van der Waals surface area contributed by atoms with Gasteiger partial charge in [-0.25, -0.2) is 0 Å². The predicted octanol–water partition coefficient (Wildman–Crippen LogP) is 3.54. The highest BCUT2D eigenvalue weighted by molar-refractivity contribution is 7.13. The summed E-state index contributed by atoms with van der Waals surface area (Å²) in [6.07, 6.45) is -2.68. The molecular formula is C20H24F3N5O4S. The minimum Gasteiger partial charge on any atom is -0.548 e. The summed E-state index contributed by atoms with van der Waals surface area (Å²) in [6.45, 7) is 4.31. The van der Waals surface area contributed by atoms with Crippen molar-refractivity contribution in [2.45, 2.75) is 32.5 Å². The second kappa shape index (κ2) is 9.43. The molecule has 2 heterocycles. The Balaban J connectivity index is 1.92. The van der Waals surface area contributed by atoms with Crippen LogP contribution in [0.5, 0.6) is 5.75 Å². The van der Waals surface area contributed by atoms with Gasteiger partial charge in [-0.15, -0.1) is 4.37 Å². The van der Waals surface area contributed by atoms with Crippen molar-refractivity contribution < 1.29 is 32.4 Å². The van der Waals surface area contributed by atoms with E-state index in [2.05, 4.69) is 19.1 Å². The van der Waals surface area contributed by atoms with Crippen LogP contribution < -0.4 is 10.8 Å². The molecule has 0 bridgehead atoms. The largest absolute Gasteiger partial charge is 0.548 e.